The SMILES string of the molecule is CCn1c(SCc2noc(-c3cccc(Cl)c3)n2)nnc1-c1cc(Cl)nc(OC)c1. The zero-order valence-corrected chi connectivity index (χ0v) is 18.4. The molecule has 0 aliphatic rings. The highest BCUT2D eigenvalue weighted by Gasteiger charge is 2.17. The lowest BCUT2D eigenvalue weighted by Crippen LogP contribution is -2.01. The van der Waals surface area contributed by atoms with Gasteiger partial charge in [-0.1, -0.05) is 46.2 Å². The second-order valence-electron chi connectivity index (χ2n) is 6.09. The minimum atomic E-state index is 0.324. The van der Waals surface area contributed by atoms with Crippen LogP contribution in [-0.2, 0) is 12.3 Å². The number of ether oxygens (including phenoxy) is 1. The van der Waals surface area contributed by atoms with Crippen molar-refractivity contribution in [2.45, 2.75) is 24.4 Å². The highest BCUT2D eigenvalue weighted by molar-refractivity contribution is 7.98. The lowest BCUT2D eigenvalue weighted by Gasteiger charge is -2.08. The molecule has 30 heavy (non-hydrogen) atoms. The van der Waals surface area contributed by atoms with E-state index in [0.717, 1.165) is 16.3 Å². The van der Waals surface area contributed by atoms with Gasteiger partial charge in [-0.2, -0.15) is 4.98 Å². The van der Waals surface area contributed by atoms with Crippen LogP contribution >= 0.6 is 35.0 Å². The highest BCUT2D eigenvalue weighted by Crippen LogP contribution is 2.29. The molecule has 0 spiro atoms. The monoisotopic (exact) mass is 462 g/mol. The van der Waals surface area contributed by atoms with E-state index in [4.69, 9.17) is 32.5 Å². The maximum atomic E-state index is 6.10. The van der Waals surface area contributed by atoms with Crippen molar-refractivity contribution >= 4 is 35.0 Å². The lowest BCUT2D eigenvalue weighted by atomic mass is 10.2. The molecule has 154 valence electrons. The van der Waals surface area contributed by atoms with Crippen LogP contribution in [0.15, 0.2) is 46.1 Å². The average molecular weight is 463 g/mol. The fourth-order valence-electron chi connectivity index (χ4n) is 2.78. The van der Waals surface area contributed by atoms with E-state index in [0.29, 0.717) is 45.9 Å². The zero-order chi connectivity index (χ0) is 21.1. The first-order valence-corrected chi connectivity index (χ1v) is 10.7. The summed E-state index contributed by atoms with van der Waals surface area (Å²) in [6, 6.07) is 10.8. The van der Waals surface area contributed by atoms with Gasteiger partial charge in [-0.05, 0) is 31.2 Å². The van der Waals surface area contributed by atoms with Crippen molar-refractivity contribution < 1.29 is 9.26 Å². The highest BCUT2D eigenvalue weighted by atomic mass is 35.5. The molecule has 0 atom stereocenters. The van der Waals surface area contributed by atoms with Gasteiger partial charge in [0.1, 0.15) is 5.15 Å². The van der Waals surface area contributed by atoms with Gasteiger partial charge in [-0.25, -0.2) is 4.98 Å². The van der Waals surface area contributed by atoms with Gasteiger partial charge < -0.3 is 13.8 Å². The Kier molecular flexibility index (Phi) is 6.21. The first kappa shape index (κ1) is 20.6. The number of halogens is 2. The van der Waals surface area contributed by atoms with E-state index >= 15 is 0 Å². The molecule has 0 amide bonds. The smallest absolute Gasteiger partial charge is 0.258 e. The Hall–Kier alpha value is -2.62. The molecular formula is C19H16Cl2N6O2S. The van der Waals surface area contributed by atoms with Crippen LogP contribution in [0, 0.1) is 0 Å². The van der Waals surface area contributed by atoms with Crippen LogP contribution in [0.3, 0.4) is 0 Å². The lowest BCUT2D eigenvalue weighted by molar-refractivity contribution is 0.398. The maximum Gasteiger partial charge on any atom is 0.258 e. The number of benzene rings is 1. The Balaban J connectivity index is 1.53. The molecule has 3 heterocycles. The van der Waals surface area contributed by atoms with Crippen LogP contribution in [0.5, 0.6) is 5.88 Å². The number of rotatable bonds is 7. The number of methoxy groups -OCH3 is 1. The van der Waals surface area contributed by atoms with Gasteiger partial charge in [-0.3, -0.25) is 0 Å². The molecule has 4 aromatic rings. The van der Waals surface area contributed by atoms with Crippen molar-refractivity contribution in [2.75, 3.05) is 7.11 Å². The molecule has 8 nitrogen and oxygen atoms in total. The summed E-state index contributed by atoms with van der Waals surface area (Å²) in [6.07, 6.45) is 0. The van der Waals surface area contributed by atoms with Gasteiger partial charge in [0.05, 0.1) is 12.9 Å². The molecule has 0 saturated heterocycles. The third kappa shape index (κ3) is 4.43. The van der Waals surface area contributed by atoms with Crippen molar-refractivity contribution in [3.05, 3.63) is 52.4 Å². The minimum absolute atomic E-state index is 0.324. The molecule has 0 N–H and O–H groups in total. The summed E-state index contributed by atoms with van der Waals surface area (Å²) in [5, 5.41) is 14.3. The molecule has 0 saturated carbocycles. The number of pyridine rings is 1. The van der Waals surface area contributed by atoms with Gasteiger partial charge in [0.2, 0.25) is 5.88 Å². The molecule has 4 rings (SSSR count). The van der Waals surface area contributed by atoms with E-state index in [9.17, 15) is 0 Å². The summed E-state index contributed by atoms with van der Waals surface area (Å²) in [7, 11) is 1.54. The van der Waals surface area contributed by atoms with Gasteiger partial charge >= 0.3 is 0 Å². The summed E-state index contributed by atoms with van der Waals surface area (Å²) in [4.78, 5) is 8.53. The zero-order valence-electron chi connectivity index (χ0n) is 16.0. The van der Waals surface area contributed by atoms with Crippen LogP contribution in [0.2, 0.25) is 10.2 Å². The van der Waals surface area contributed by atoms with Gasteiger partial charge in [0.25, 0.3) is 5.89 Å². The van der Waals surface area contributed by atoms with Crippen molar-refractivity contribution in [1.82, 2.24) is 29.9 Å². The molecule has 11 heteroatoms. The Morgan fingerprint density at radius 3 is 2.73 bits per heavy atom. The number of hydrogen-bond acceptors (Lipinski definition) is 8. The average Bonchev–Trinajstić information content (AvgIpc) is 3.38. The third-order valence-electron chi connectivity index (χ3n) is 4.14. The van der Waals surface area contributed by atoms with Crippen LogP contribution in [0.1, 0.15) is 12.7 Å². The van der Waals surface area contributed by atoms with Crippen LogP contribution < -0.4 is 4.74 Å². The molecule has 1 aromatic carbocycles. The van der Waals surface area contributed by atoms with Gasteiger partial charge in [0, 0.05) is 28.8 Å². The summed E-state index contributed by atoms with van der Waals surface area (Å²) in [6.45, 7) is 2.69. The van der Waals surface area contributed by atoms with Gasteiger partial charge in [0.15, 0.2) is 16.8 Å². The fraction of sp³-hybridized carbons (Fsp3) is 0.211. The molecular weight excluding hydrogens is 447 g/mol. The Morgan fingerprint density at radius 1 is 1.10 bits per heavy atom. The normalized spacial score (nSPS) is 11.1. The maximum absolute atomic E-state index is 6.10. The molecule has 0 aliphatic heterocycles. The summed E-state index contributed by atoms with van der Waals surface area (Å²) < 4.78 is 12.5. The predicted octanol–water partition coefficient (Wildman–Crippen LogP) is 5.02. The van der Waals surface area contributed by atoms with Crippen LogP contribution in [-0.4, -0.2) is 37.0 Å². The number of nitrogens with zero attached hydrogens (tertiary/aromatic N) is 6. The third-order valence-corrected chi connectivity index (χ3v) is 5.53. The molecule has 0 aliphatic carbocycles. The summed E-state index contributed by atoms with van der Waals surface area (Å²) in [5.41, 5.74) is 1.55. The Bertz CT molecular complexity index is 1180. The number of aromatic nitrogens is 6. The van der Waals surface area contributed by atoms with Crippen molar-refractivity contribution in [1.29, 1.82) is 0 Å². The van der Waals surface area contributed by atoms with Crippen LogP contribution in [0.4, 0.5) is 0 Å². The van der Waals surface area contributed by atoms with E-state index in [-0.39, 0.29) is 0 Å². The molecule has 0 fully saturated rings. The standard InChI is InChI=1S/C19H16Cl2N6O2S/c1-3-27-17(12-8-14(21)22-16(9-12)28-2)24-25-19(27)30-10-15-23-18(29-26-15)11-5-4-6-13(20)7-11/h4-9H,3,10H2,1-2H3. The Morgan fingerprint density at radius 2 is 1.97 bits per heavy atom. The molecule has 0 radical (unpaired) electrons. The molecule has 0 bridgehead atoms. The van der Waals surface area contributed by atoms with E-state index in [2.05, 4.69) is 25.3 Å². The molecule has 3 aromatic heterocycles. The number of thioether (sulfide) groups is 1. The summed E-state index contributed by atoms with van der Waals surface area (Å²) in [5.74, 6) is 2.54. The first-order chi connectivity index (χ1) is 14.6. The van der Waals surface area contributed by atoms with Crippen molar-refractivity contribution in [3.8, 4) is 28.7 Å². The van der Waals surface area contributed by atoms with E-state index < -0.39 is 0 Å². The topological polar surface area (TPSA) is 91.8 Å². The second kappa shape index (κ2) is 9.03. The van der Waals surface area contributed by atoms with E-state index in [1.165, 1.54) is 18.9 Å². The fourth-order valence-corrected chi connectivity index (χ4v) is 4.02. The predicted molar refractivity (Wildman–Crippen MR) is 115 cm³/mol. The van der Waals surface area contributed by atoms with Crippen LogP contribution in [0.25, 0.3) is 22.8 Å². The Labute approximate surface area is 186 Å². The minimum Gasteiger partial charge on any atom is -0.481 e. The molecule has 0 unspecified atom stereocenters. The van der Waals surface area contributed by atoms with Crippen molar-refractivity contribution in [3.63, 3.8) is 0 Å². The summed E-state index contributed by atoms with van der Waals surface area (Å²) >= 11 is 13.6. The van der Waals surface area contributed by atoms with Crippen molar-refractivity contribution in [2.24, 2.45) is 0 Å². The number of hydrogen-bond donors (Lipinski definition) is 0. The van der Waals surface area contributed by atoms with Gasteiger partial charge in [-0.15, -0.1) is 10.2 Å². The quantitative estimate of drug-likeness (QED) is 0.279. The van der Waals surface area contributed by atoms with E-state index in [1.54, 1.807) is 24.3 Å². The first-order valence-electron chi connectivity index (χ1n) is 8.94. The second-order valence-corrected chi connectivity index (χ2v) is 7.85. The van der Waals surface area contributed by atoms with E-state index in [1.807, 2.05) is 23.6 Å². The largest absolute Gasteiger partial charge is 0.481 e.